The van der Waals surface area contributed by atoms with Gasteiger partial charge in [-0.05, 0) is 23.5 Å². The molecule has 0 radical (unpaired) electrons. The first-order valence-electron chi connectivity index (χ1n) is 6.04. The lowest BCUT2D eigenvalue weighted by Gasteiger charge is -2.07. The Labute approximate surface area is 102 Å². The van der Waals surface area contributed by atoms with Gasteiger partial charge in [-0.1, -0.05) is 38.1 Å². The van der Waals surface area contributed by atoms with Crippen LogP contribution in [-0.2, 0) is 13.0 Å². The standard InChI is InChI=1S/C14H19N3/c1-11(2)7-12-3-5-13(6-4-12)8-15-14-9-16-17-10-14/h3-6,9-11,15H,7-8H2,1-2H3,(H,16,17). The monoisotopic (exact) mass is 229 g/mol. The lowest BCUT2D eigenvalue weighted by atomic mass is 10.0. The molecule has 0 aliphatic rings. The van der Waals surface area contributed by atoms with Crippen LogP contribution >= 0.6 is 0 Å². The average molecular weight is 229 g/mol. The van der Waals surface area contributed by atoms with E-state index in [1.807, 2.05) is 6.20 Å². The second-order valence-corrected chi connectivity index (χ2v) is 4.75. The second kappa shape index (κ2) is 5.53. The Morgan fingerprint density at radius 1 is 1.18 bits per heavy atom. The van der Waals surface area contributed by atoms with Crippen LogP contribution in [0.3, 0.4) is 0 Å². The van der Waals surface area contributed by atoms with Crippen molar-refractivity contribution < 1.29 is 0 Å². The zero-order chi connectivity index (χ0) is 12.1. The molecule has 3 heteroatoms. The van der Waals surface area contributed by atoms with Gasteiger partial charge in [-0.25, -0.2) is 0 Å². The van der Waals surface area contributed by atoms with Crippen molar-refractivity contribution in [3.63, 3.8) is 0 Å². The van der Waals surface area contributed by atoms with E-state index in [4.69, 9.17) is 0 Å². The third kappa shape index (κ3) is 3.63. The van der Waals surface area contributed by atoms with Crippen LogP contribution in [0.2, 0.25) is 0 Å². The molecule has 2 rings (SSSR count). The number of benzene rings is 1. The van der Waals surface area contributed by atoms with Gasteiger partial charge in [-0.15, -0.1) is 0 Å². The SMILES string of the molecule is CC(C)Cc1ccc(CNc2cn[nH]c2)cc1. The molecule has 0 bridgehead atoms. The van der Waals surface area contributed by atoms with Gasteiger partial charge in [0.25, 0.3) is 0 Å². The fourth-order valence-corrected chi connectivity index (χ4v) is 1.82. The third-order valence-electron chi connectivity index (χ3n) is 2.66. The largest absolute Gasteiger partial charge is 0.378 e. The van der Waals surface area contributed by atoms with Crippen molar-refractivity contribution in [1.82, 2.24) is 10.2 Å². The number of aromatic amines is 1. The molecular formula is C14H19N3. The van der Waals surface area contributed by atoms with E-state index in [1.165, 1.54) is 11.1 Å². The van der Waals surface area contributed by atoms with Crippen LogP contribution in [-0.4, -0.2) is 10.2 Å². The van der Waals surface area contributed by atoms with Gasteiger partial charge < -0.3 is 5.32 Å². The van der Waals surface area contributed by atoms with E-state index in [0.717, 1.165) is 18.7 Å². The highest BCUT2D eigenvalue weighted by Crippen LogP contribution is 2.11. The zero-order valence-corrected chi connectivity index (χ0v) is 10.4. The maximum Gasteiger partial charge on any atom is 0.0726 e. The molecule has 17 heavy (non-hydrogen) atoms. The number of rotatable bonds is 5. The maximum absolute atomic E-state index is 3.89. The highest BCUT2D eigenvalue weighted by atomic mass is 15.1. The molecule has 0 saturated heterocycles. The fourth-order valence-electron chi connectivity index (χ4n) is 1.82. The summed E-state index contributed by atoms with van der Waals surface area (Å²) in [5, 5.41) is 9.99. The molecule has 1 heterocycles. The number of H-pyrrole nitrogens is 1. The summed E-state index contributed by atoms with van der Waals surface area (Å²) in [6, 6.07) is 8.80. The molecule has 0 spiro atoms. The van der Waals surface area contributed by atoms with Gasteiger partial charge in [0.2, 0.25) is 0 Å². The van der Waals surface area contributed by atoms with E-state index in [-0.39, 0.29) is 0 Å². The minimum Gasteiger partial charge on any atom is -0.378 e. The van der Waals surface area contributed by atoms with E-state index in [9.17, 15) is 0 Å². The Bertz CT molecular complexity index is 429. The summed E-state index contributed by atoms with van der Waals surface area (Å²) in [6.07, 6.45) is 4.79. The van der Waals surface area contributed by atoms with Crippen molar-refractivity contribution in [1.29, 1.82) is 0 Å². The predicted octanol–water partition coefficient (Wildman–Crippen LogP) is 3.22. The van der Waals surface area contributed by atoms with Crippen LogP contribution in [0.25, 0.3) is 0 Å². The van der Waals surface area contributed by atoms with Crippen molar-refractivity contribution in [3.8, 4) is 0 Å². The molecule has 0 aliphatic carbocycles. The first kappa shape index (κ1) is 11.7. The van der Waals surface area contributed by atoms with Crippen LogP contribution < -0.4 is 5.32 Å². The van der Waals surface area contributed by atoms with E-state index >= 15 is 0 Å². The van der Waals surface area contributed by atoms with Crippen LogP contribution in [0.4, 0.5) is 5.69 Å². The van der Waals surface area contributed by atoms with Gasteiger partial charge in [0.15, 0.2) is 0 Å². The fraction of sp³-hybridized carbons (Fsp3) is 0.357. The van der Waals surface area contributed by atoms with Gasteiger partial charge >= 0.3 is 0 Å². The normalized spacial score (nSPS) is 10.8. The van der Waals surface area contributed by atoms with Crippen molar-refractivity contribution in [2.75, 3.05) is 5.32 Å². The van der Waals surface area contributed by atoms with E-state index in [0.29, 0.717) is 5.92 Å². The van der Waals surface area contributed by atoms with E-state index in [1.54, 1.807) is 6.20 Å². The van der Waals surface area contributed by atoms with Crippen molar-refractivity contribution in [2.45, 2.75) is 26.8 Å². The Morgan fingerprint density at radius 2 is 1.88 bits per heavy atom. The Hall–Kier alpha value is -1.77. The number of aromatic nitrogens is 2. The summed E-state index contributed by atoms with van der Waals surface area (Å²) in [7, 11) is 0. The molecule has 2 aromatic rings. The molecule has 0 saturated carbocycles. The van der Waals surface area contributed by atoms with Crippen molar-refractivity contribution in [3.05, 3.63) is 47.8 Å². The molecule has 2 N–H and O–H groups in total. The summed E-state index contributed by atoms with van der Waals surface area (Å²) in [6.45, 7) is 5.32. The zero-order valence-electron chi connectivity index (χ0n) is 10.4. The van der Waals surface area contributed by atoms with Gasteiger partial charge in [0, 0.05) is 12.7 Å². The average Bonchev–Trinajstić information content (AvgIpc) is 2.80. The molecule has 0 unspecified atom stereocenters. The summed E-state index contributed by atoms with van der Waals surface area (Å²) < 4.78 is 0. The first-order valence-corrected chi connectivity index (χ1v) is 6.04. The van der Waals surface area contributed by atoms with Gasteiger partial charge in [0.1, 0.15) is 0 Å². The van der Waals surface area contributed by atoms with Gasteiger partial charge in [-0.3, -0.25) is 5.10 Å². The summed E-state index contributed by atoms with van der Waals surface area (Å²) in [5.41, 5.74) is 3.72. The molecular weight excluding hydrogens is 210 g/mol. The highest BCUT2D eigenvalue weighted by Gasteiger charge is 1.98. The Balaban J connectivity index is 1.89. The highest BCUT2D eigenvalue weighted by molar-refractivity contribution is 5.38. The number of anilines is 1. The van der Waals surface area contributed by atoms with Crippen LogP contribution in [0, 0.1) is 5.92 Å². The Morgan fingerprint density at radius 3 is 2.47 bits per heavy atom. The summed E-state index contributed by atoms with van der Waals surface area (Å²) in [4.78, 5) is 0. The number of hydrogen-bond acceptors (Lipinski definition) is 2. The maximum atomic E-state index is 3.89. The molecule has 3 nitrogen and oxygen atoms in total. The minimum absolute atomic E-state index is 0.713. The van der Waals surface area contributed by atoms with Crippen LogP contribution in [0.5, 0.6) is 0 Å². The topological polar surface area (TPSA) is 40.7 Å². The van der Waals surface area contributed by atoms with E-state index in [2.05, 4.69) is 53.6 Å². The Kier molecular flexibility index (Phi) is 3.81. The quantitative estimate of drug-likeness (QED) is 0.826. The predicted molar refractivity (Wildman–Crippen MR) is 70.9 cm³/mol. The van der Waals surface area contributed by atoms with Gasteiger partial charge in [0.05, 0.1) is 11.9 Å². The lowest BCUT2D eigenvalue weighted by molar-refractivity contribution is 0.647. The van der Waals surface area contributed by atoms with Gasteiger partial charge in [-0.2, -0.15) is 5.10 Å². The minimum atomic E-state index is 0.713. The van der Waals surface area contributed by atoms with Crippen LogP contribution in [0.1, 0.15) is 25.0 Å². The molecule has 1 aromatic heterocycles. The smallest absolute Gasteiger partial charge is 0.0726 e. The lowest BCUT2D eigenvalue weighted by Crippen LogP contribution is -1.99. The second-order valence-electron chi connectivity index (χ2n) is 4.75. The van der Waals surface area contributed by atoms with Crippen molar-refractivity contribution in [2.24, 2.45) is 5.92 Å². The summed E-state index contributed by atoms with van der Waals surface area (Å²) >= 11 is 0. The molecule has 0 aliphatic heterocycles. The molecule has 0 amide bonds. The van der Waals surface area contributed by atoms with E-state index < -0.39 is 0 Å². The summed E-state index contributed by atoms with van der Waals surface area (Å²) in [5.74, 6) is 0.713. The molecule has 0 atom stereocenters. The molecule has 90 valence electrons. The third-order valence-corrected chi connectivity index (χ3v) is 2.66. The van der Waals surface area contributed by atoms with Crippen LogP contribution in [0.15, 0.2) is 36.7 Å². The molecule has 1 aromatic carbocycles. The molecule has 0 fully saturated rings. The van der Waals surface area contributed by atoms with Crippen molar-refractivity contribution >= 4 is 5.69 Å². The number of hydrogen-bond donors (Lipinski definition) is 2. The number of nitrogens with zero attached hydrogens (tertiary/aromatic N) is 1. The first-order chi connectivity index (χ1) is 8.24. The number of nitrogens with one attached hydrogen (secondary N) is 2.